The first kappa shape index (κ1) is 17.6. The van der Waals surface area contributed by atoms with Gasteiger partial charge in [0.15, 0.2) is 0 Å². The average Bonchev–Trinajstić information content (AvgIpc) is 2.55. The summed E-state index contributed by atoms with van der Waals surface area (Å²) < 4.78 is 0.746. The van der Waals surface area contributed by atoms with E-state index in [1.165, 1.54) is 24.3 Å². The van der Waals surface area contributed by atoms with Crippen molar-refractivity contribution in [2.45, 2.75) is 6.42 Å². The largest absolute Gasteiger partial charge is 0.347 e. The highest BCUT2D eigenvalue weighted by atomic mass is 79.9. The second-order valence-electron chi connectivity index (χ2n) is 4.91. The zero-order valence-electron chi connectivity index (χ0n) is 12.5. The van der Waals surface area contributed by atoms with Crippen molar-refractivity contribution in [3.63, 3.8) is 0 Å². The lowest BCUT2D eigenvalue weighted by atomic mass is 10.1. The maximum Gasteiger partial charge on any atom is 0.269 e. The minimum atomic E-state index is -0.504. The molecule has 0 saturated carbocycles. The van der Waals surface area contributed by atoms with E-state index in [0.717, 1.165) is 4.47 Å². The number of hydrogen-bond donors (Lipinski definition) is 2. The fourth-order valence-electron chi connectivity index (χ4n) is 1.92. The SMILES string of the molecule is O=C(Cc1ccc([N+](=O)[O-])cc1)NCC(=O)Nc1ccccc1Br. The zero-order valence-corrected chi connectivity index (χ0v) is 14.1. The average molecular weight is 392 g/mol. The third kappa shape index (κ3) is 5.17. The van der Waals surface area contributed by atoms with Crippen molar-refractivity contribution in [1.82, 2.24) is 5.32 Å². The third-order valence-corrected chi connectivity index (χ3v) is 3.80. The van der Waals surface area contributed by atoms with Gasteiger partial charge in [0.2, 0.25) is 11.8 Å². The molecule has 8 heteroatoms. The van der Waals surface area contributed by atoms with Crippen LogP contribution in [0.1, 0.15) is 5.56 Å². The second kappa shape index (κ2) is 8.21. The lowest BCUT2D eigenvalue weighted by Gasteiger charge is -2.08. The van der Waals surface area contributed by atoms with Crippen LogP contribution in [-0.4, -0.2) is 23.3 Å². The molecule has 2 aromatic rings. The molecule has 0 aliphatic rings. The van der Waals surface area contributed by atoms with E-state index in [4.69, 9.17) is 0 Å². The molecule has 0 saturated heterocycles. The Balaban J connectivity index is 1.81. The molecule has 2 aromatic carbocycles. The van der Waals surface area contributed by atoms with Crippen molar-refractivity contribution < 1.29 is 14.5 Å². The van der Waals surface area contributed by atoms with Gasteiger partial charge in [-0.25, -0.2) is 0 Å². The van der Waals surface area contributed by atoms with Gasteiger partial charge in [-0.1, -0.05) is 24.3 Å². The molecule has 0 aliphatic heterocycles. The molecule has 0 fully saturated rings. The van der Waals surface area contributed by atoms with Gasteiger partial charge >= 0.3 is 0 Å². The number of nitrogens with zero attached hydrogens (tertiary/aromatic N) is 1. The number of nitrogens with one attached hydrogen (secondary N) is 2. The van der Waals surface area contributed by atoms with E-state index >= 15 is 0 Å². The van der Waals surface area contributed by atoms with Gasteiger partial charge in [0.1, 0.15) is 0 Å². The van der Waals surface area contributed by atoms with Crippen LogP contribution in [0.25, 0.3) is 0 Å². The van der Waals surface area contributed by atoms with Crippen LogP contribution in [0.5, 0.6) is 0 Å². The number of non-ortho nitro benzene ring substituents is 1. The fraction of sp³-hybridized carbons (Fsp3) is 0.125. The summed E-state index contributed by atoms with van der Waals surface area (Å²) in [6.45, 7) is -0.160. The van der Waals surface area contributed by atoms with Crippen molar-refractivity contribution in [2.24, 2.45) is 0 Å². The number of hydrogen-bond acceptors (Lipinski definition) is 4. The fourth-order valence-corrected chi connectivity index (χ4v) is 2.30. The number of anilines is 1. The van der Waals surface area contributed by atoms with Gasteiger partial charge in [0, 0.05) is 16.6 Å². The van der Waals surface area contributed by atoms with Gasteiger partial charge in [-0.05, 0) is 33.6 Å². The summed E-state index contributed by atoms with van der Waals surface area (Å²) in [6, 6.07) is 12.8. The van der Waals surface area contributed by atoms with Crippen LogP contribution in [-0.2, 0) is 16.0 Å². The summed E-state index contributed by atoms with van der Waals surface area (Å²) in [5.41, 5.74) is 1.21. The molecule has 0 spiro atoms. The third-order valence-electron chi connectivity index (χ3n) is 3.11. The number of halogens is 1. The smallest absolute Gasteiger partial charge is 0.269 e. The molecule has 0 bridgehead atoms. The molecule has 0 unspecified atom stereocenters. The summed E-state index contributed by atoms with van der Waals surface area (Å²) >= 11 is 3.32. The monoisotopic (exact) mass is 391 g/mol. The molecule has 0 radical (unpaired) electrons. The molecular formula is C16H14BrN3O4. The minimum absolute atomic E-state index is 0.0352. The number of carbonyl (C=O) groups is 2. The number of amides is 2. The van der Waals surface area contributed by atoms with Crippen LogP contribution < -0.4 is 10.6 Å². The number of rotatable bonds is 6. The predicted octanol–water partition coefficient (Wildman–Crippen LogP) is 2.65. The molecule has 7 nitrogen and oxygen atoms in total. The maximum atomic E-state index is 11.8. The van der Waals surface area contributed by atoms with Crippen LogP contribution in [0.15, 0.2) is 53.0 Å². The predicted molar refractivity (Wildman–Crippen MR) is 92.6 cm³/mol. The van der Waals surface area contributed by atoms with E-state index < -0.39 is 4.92 Å². The van der Waals surface area contributed by atoms with Gasteiger partial charge in [-0.2, -0.15) is 0 Å². The molecule has 124 valence electrons. The number of benzene rings is 2. The van der Waals surface area contributed by atoms with E-state index in [-0.39, 0.29) is 30.5 Å². The Kier molecular flexibility index (Phi) is 6.02. The molecule has 0 aliphatic carbocycles. The van der Waals surface area contributed by atoms with E-state index in [0.29, 0.717) is 11.3 Å². The van der Waals surface area contributed by atoms with Crippen molar-refractivity contribution in [1.29, 1.82) is 0 Å². The maximum absolute atomic E-state index is 11.8. The van der Waals surface area contributed by atoms with E-state index in [2.05, 4.69) is 26.6 Å². The Morgan fingerprint density at radius 3 is 2.33 bits per heavy atom. The molecule has 0 heterocycles. The van der Waals surface area contributed by atoms with Gasteiger partial charge in [0.05, 0.1) is 23.6 Å². The minimum Gasteiger partial charge on any atom is -0.347 e. The topological polar surface area (TPSA) is 101 Å². The van der Waals surface area contributed by atoms with Gasteiger partial charge in [-0.15, -0.1) is 0 Å². The Morgan fingerprint density at radius 1 is 1.04 bits per heavy atom. The van der Waals surface area contributed by atoms with Crippen LogP contribution in [0.4, 0.5) is 11.4 Å². The normalized spacial score (nSPS) is 10.0. The highest BCUT2D eigenvalue weighted by molar-refractivity contribution is 9.10. The second-order valence-corrected chi connectivity index (χ2v) is 5.76. The van der Waals surface area contributed by atoms with E-state index in [1.807, 2.05) is 6.07 Å². The Morgan fingerprint density at radius 2 is 1.71 bits per heavy atom. The van der Waals surface area contributed by atoms with Crippen molar-refractivity contribution in [2.75, 3.05) is 11.9 Å². The summed E-state index contributed by atoms with van der Waals surface area (Å²) in [7, 11) is 0. The summed E-state index contributed by atoms with van der Waals surface area (Å²) in [4.78, 5) is 33.7. The molecule has 2 N–H and O–H groups in total. The van der Waals surface area contributed by atoms with Crippen LogP contribution in [0.3, 0.4) is 0 Å². The first-order valence-electron chi connectivity index (χ1n) is 7.00. The zero-order chi connectivity index (χ0) is 17.5. The molecule has 2 rings (SSSR count). The number of nitro groups is 1. The summed E-state index contributed by atoms with van der Waals surface area (Å²) in [6.07, 6.45) is 0.0420. The highest BCUT2D eigenvalue weighted by Crippen LogP contribution is 2.20. The first-order valence-corrected chi connectivity index (χ1v) is 7.79. The van der Waals surface area contributed by atoms with Gasteiger partial charge < -0.3 is 10.6 Å². The first-order chi connectivity index (χ1) is 11.5. The number of para-hydroxylation sites is 1. The number of nitro benzene ring substituents is 1. The molecule has 2 amide bonds. The molecule has 0 aromatic heterocycles. The van der Waals surface area contributed by atoms with E-state index in [9.17, 15) is 19.7 Å². The summed E-state index contributed by atoms with van der Waals surface area (Å²) in [5, 5.41) is 15.7. The summed E-state index contributed by atoms with van der Waals surface area (Å²) in [5.74, 6) is -0.690. The highest BCUT2D eigenvalue weighted by Gasteiger charge is 2.09. The quantitative estimate of drug-likeness (QED) is 0.583. The van der Waals surface area contributed by atoms with Gasteiger partial charge in [0.25, 0.3) is 5.69 Å². The lowest BCUT2D eigenvalue weighted by Crippen LogP contribution is -2.33. The van der Waals surface area contributed by atoms with Crippen molar-refractivity contribution in [3.05, 3.63) is 68.7 Å². The van der Waals surface area contributed by atoms with E-state index in [1.54, 1.807) is 18.2 Å². The van der Waals surface area contributed by atoms with Crippen LogP contribution in [0, 0.1) is 10.1 Å². The molecular weight excluding hydrogens is 378 g/mol. The van der Waals surface area contributed by atoms with Gasteiger partial charge in [-0.3, -0.25) is 19.7 Å². The van der Waals surface area contributed by atoms with Crippen molar-refractivity contribution in [3.8, 4) is 0 Å². The number of carbonyl (C=O) groups excluding carboxylic acids is 2. The standard InChI is InChI=1S/C16H14BrN3O4/c17-13-3-1-2-4-14(13)19-16(22)10-18-15(21)9-11-5-7-12(8-6-11)20(23)24/h1-8H,9-10H2,(H,18,21)(H,19,22). The van der Waals surface area contributed by atoms with Crippen LogP contribution >= 0.6 is 15.9 Å². The molecule has 24 heavy (non-hydrogen) atoms. The molecule has 0 atom stereocenters. The van der Waals surface area contributed by atoms with Crippen LogP contribution in [0.2, 0.25) is 0 Å². The Labute approximate surface area is 146 Å². The Hall–Kier alpha value is -2.74. The Bertz CT molecular complexity index is 762. The van der Waals surface area contributed by atoms with Crippen molar-refractivity contribution >= 4 is 39.1 Å². The lowest BCUT2D eigenvalue weighted by molar-refractivity contribution is -0.384.